The molecule has 1 heterocycles. The Hall–Kier alpha value is -0.920. The molecule has 0 aliphatic carbocycles. The van der Waals surface area contributed by atoms with Crippen molar-refractivity contribution in [3.05, 3.63) is 23.8 Å². The first-order valence-electron chi connectivity index (χ1n) is 6.81. The Morgan fingerprint density at radius 3 is 1.59 bits per heavy atom. The molecule has 0 spiro atoms. The molecule has 1 aromatic heterocycles. The Balaban J connectivity index is 0. The number of nitrogens with zero attached hydrogens (tertiary/aromatic N) is 2. The molecule has 0 unspecified atom stereocenters. The van der Waals surface area contributed by atoms with E-state index in [1.807, 2.05) is 40.1 Å². The maximum absolute atomic E-state index is 4.37. The summed E-state index contributed by atoms with van der Waals surface area (Å²) >= 11 is 0. The molecule has 0 saturated heterocycles. The van der Waals surface area contributed by atoms with E-state index in [2.05, 4.69) is 37.7 Å². The molecule has 0 bridgehead atoms. The highest BCUT2D eigenvalue weighted by Gasteiger charge is 2.11. The van der Waals surface area contributed by atoms with E-state index >= 15 is 0 Å². The van der Waals surface area contributed by atoms with Crippen molar-refractivity contribution in [2.45, 2.75) is 68.2 Å². The first-order valence-corrected chi connectivity index (χ1v) is 6.81. The van der Waals surface area contributed by atoms with Crippen LogP contribution in [0.5, 0.6) is 0 Å². The van der Waals surface area contributed by atoms with Crippen molar-refractivity contribution < 1.29 is 0 Å². The van der Waals surface area contributed by atoms with Gasteiger partial charge in [0.05, 0.1) is 11.4 Å². The van der Waals surface area contributed by atoms with Gasteiger partial charge in [-0.1, -0.05) is 55.4 Å². The van der Waals surface area contributed by atoms with Crippen molar-refractivity contribution in [3.8, 4) is 0 Å². The third-order valence-corrected chi connectivity index (χ3v) is 1.83. The maximum Gasteiger partial charge on any atom is 0.0592 e. The first kappa shape index (κ1) is 18.4. The Morgan fingerprint density at radius 2 is 1.29 bits per heavy atom. The van der Waals surface area contributed by atoms with Crippen molar-refractivity contribution in [1.29, 1.82) is 0 Å². The van der Waals surface area contributed by atoms with Gasteiger partial charge in [0.2, 0.25) is 0 Å². The van der Waals surface area contributed by atoms with Gasteiger partial charge in [-0.2, -0.15) is 0 Å². The number of rotatable bonds is 2. The fraction of sp³-hybridized carbons (Fsp3) is 0.733. The second-order valence-electron chi connectivity index (χ2n) is 4.59. The lowest BCUT2D eigenvalue weighted by Crippen LogP contribution is -2.10. The first-order chi connectivity index (χ1) is 8.01. The number of aromatic nitrogens is 2. The number of hydrogen-bond donors (Lipinski definition) is 0. The van der Waals surface area contributed by atoms with E-state index < -0.39 is 0 Å². The fourth-order valence-corrected chi connectivity index (χ4v) is 1.20. The zero-order chi connectivity index (χ0) is 13.9. The van der Waals surface area contributed by atoms with Crippen molar-refractivity contribution in [3.63, 3.8) is 0 Å². The van der Waals surface area contributed by atoms with Crippen LogP contribution in [0, 0.1) is 5.41 Å². The number of aryl methyl sites for hydroxylation is 1. The number of hydrogen-bond acceptors (Lipinski definition) is 2. The summed E-state index contributed by atoms with van der Waals surface area (Å²) in [6, 6.07) is 0. The minimum absolute atomic E-state index is 0.294. The normalized spacial score (nSPS) is 9.65. The zero-order valence-corrected chi connectivity index (χ0v) is 13.0. The summed E-state index contributed by atoms with van der Waals surface area (Å²) in [7, 11) is 0. The van der Waals surface area contributed by atoms with E-state index in [4.69, 9.17) is 0 Å². The standard InChI is InChI=1S/C11H18N2.2C2H6/c1-5-9-7-13-10(8-12-9)6-11(2,3)4;2*1-2/h7-8H,5-6H2,1-4H3;2*1-2H3. The predicted octanol–water partition coefficient (Wildman–Crippen LogP) is 4.68. The monoisotopic (exact) mass is 238 g/mol. The molecule has 0 aromatic carbocycles. The molecule has 0 N–H and O–H groups in total. The smallest absolute Gasteiger partial charge is 0.0592 e. The summed E-state index contributed by atoms with van der Waals surface area (Å²) in [5.41, 5.74) is 2.45. The van der Waals surface area contributed by atoms with Gasteiger partial charge >= 0.3 is 0 Å². The minimum atomic E-state index is 0.294. The second kappa shape index (κ2) is 10.2. The van der Waals surface area contributed by atoms with Gasteiger partial charge in [0.1, 0.15) is 0 Å². The second-order valence-corrected chi connectivity index (χ2v) is 4.59. The highest BCUT2D eigenvalue weighted by molar-refractivity contribution is 5.03. The molecule has 0 fully saturated rings. The highest BCUT2D eigenvalue weighted by atomic mass is 14.8. The van der Waals surface area contributed by atoms with Crippen LogP contribution < -0.4 is 0 Å². The molecular formula is C15H30N2. The van der Waals surface area contributed by atoms with E-state index in [0.717, 1.165) is 24.2 Å². The third-order valence-electron chi connectivity index (χ3n) is 1.83. The molecule has 17 heavy (non-hydrogen) atoms. The van der Waals surface area contributed by atoms with Crippen LogP contribution in [0.1, 0.15) is 66.8 Å². The van der Waals surface area contributed by atoms with E-state index in [1.165, 1.54) is 0 Å². The summed E-state index contributed by atoms with van der Waals surface area (Å²) in [6.07, 6.45) is 5.72. The van der Waals surface area contributed by atoms with Gasteiger partial charge < -0.3 is 0 Å². The molecule has 0 amide bonds. The average Bonchev–Trinajstić information content (AvgIpc) is 2.33. The van der Waals surface area contributed by atoms with Crippen LogP contribution in [0.3, 0.4) is 0 Å². The molecule has 0 aliphatic rings. The lowest BCUT2D eigenvalue weighted by atomic mass is 9.91. The molecule has 0 aliphatic heterocycles. The van der Waals surface area contributed by atoms with Gasteiger partial charge in [0.15, 0.2) is 0 Å². The lowest BCUT2D eigenvalue weighted by molar-refractivity contribution is 0.405. The van der Waals surface area contributed by atoms with E-state index in [9.17, 15) is 0 Å². The van der Waals surface area contributed by atoms with Crippen molar-refractivity contribution in [1.82, 2.24) is 9.97 Å². The lowest BCUT2D eigenvalue weighted by Gasteiger charge is -2.16. The van der Waals surface area contributed by atoms with E-state index in [0.29, 0.717) is 5.41 Å². The molecule has 1 aromatic rings. The quantitative estimate of drug-likeness (QED) is 0.747. The van der Waals surface area contributed by atoms with E-state index in [1.54, 1.807) is 0 Å². The summed E-state index contributed by atoms with van der Waals surface area (Å²) in [5, 5.41) is 0. The predicted molar refractivity (Wildman–Crippen MR) is 77.3 cm³/mol. The van der Waals surface area contributed by atoms with Gasteiger partial charge in [0, 0.05) is 12.4 Å². The van der Waals surface area contributed by atoms with E-state index in [-0.39, 0.29) is 0 Å². The van der Waals surface area contributed by atoms with Gasteiger partial charge in [-0.3, -0.25) is 9.97 Å². The summed E-state index contributed by atoms with van der Waals surface area (Å²) in [6.45, 7) is 16.7. The average molecular weight is 238 g/mol. The Kier molecular flexibility index (Phi) is 11.1. The van der Waals surface area contributed by atoms with Crippen LogP contribution in [0.2, 0.25) is 0 Å². The van der Waals surface area contributed by atoms with Crippen LogP contribution in [0.15, 0.2) is 12.4 Å². The van der Waals surface area contributed by atoms with Crippen molar-refractivity contribution >= 4 is 0 Å². The summed E-state index contributed by atoms with van der Waals surface area (Å²) < 4.78 is 0. The highest BCUT2D eigenvalue weighted by Crippen LogP contribution is 2.18. The molecule has 2 heteroatoms. The maximum atomic E-state index is 4.37. The van der Waals surface area contributed by atoms with Gasteiger partial charge in [-0.15, -0.1) is 0 Å². The topological polar surface area (TPSA) is 25.8 Å². The molecule has 2 nitrogen and oxygen atoms in total. The fourth-order valence-electron chi connectivity index (χ4n) is 1.20. The molecule has 0 atom stereocenters. The van der Waals surface area contributed by atoms with Crippen molar-refractivity contribution in [2.75, 3.05) is 0 Å². The van der Waals surface area contributed by atoms with Crippen LogP contribution in [0.25, 0.3) is 0 Å². The molecular weight excluding hydrogens is 208 g/mol. The minimum Gasteiger partial charge on any atom is -0.258 e. The van der Waals surface area contributed by atoms with Gasteiger partial charge in [0.25, 0.3) is 0 Å². The molecule has 0 radical (unpaired) electrons. The largest absolute Gasteiger partial charge is 0.258 e. The van der Waals surface area contributed by atoms with Crippen LogP contribution >= 0.6 is 0 Å². The molecule has 100 valence electrons. The summed E-state index contributed by atoms with van der Waals surface area (Å²) in [5.74, 6) is 0. The summed E-state index contributed by atoms with van der Waals surface area (Å²) in [4.78, 5) is 8.69. The SMILES string of the molecule is CC.CC.CCc1cnc(CC(C)(C)C)cn1. The van der Waals surface area contributed by atoms with Crippen LogP contribution in [-0.2, 0) is 12.8 Å². The Bertz CT molecular complexity index is 257. The van der Waals surface area contributed by atoms with Gasteiger partial charge in [-0.05, 0) is 18.3 Å². The molecule has 0 saturated carbocycles. The Morgan fingerprint density at radius 1 is 0.882 bits per heavy atom. The van der Waals surface area contributed by atoms with Gasteiger partial charge in [-0.25, -0.2) is 0 Å². The van der Waals surface area contributed by atoms with Crippen LogP contribution in [0.4, 0.5) is 0 Å². The molecule has 1 rings (SSSR count). The third kappa shape index (κ3) is 9.98. The Labute approximate surface area is 108 Å². The van der Waals surface area contributed by atoms with Crippen LogP contribution in [-0.4, -0.2) is 9.97 Å². The zero-order valence-electron chi connectivity index (χ0n) is 13.0. The van der Waals surface area contributed by atoms with Crippen molar-refractivity contribution in [2.24, 2.45) is 5.41 Å².